The van der Waals surface area contributed by atoms with E-state index in [1.54, 1.807) is 18.2 Å². The van der Waals surface area contributed by atoms with E-state index in [4.69, 9.17) is 10.5 Å². The van der Waals surface area contributed by atoms with Gasteiger partial charge in [0.25, 0.3) is 0 Å². The Labute approximate surface area is 158 Å². The first kappa shape index (κ1) is 18.5. The standard InChI is InChI=1S/C22H21FN2O2/c1-25(20-7-3-6-19(23)15-20)12-13-27-21-10-8-16(9-11-21)17-4-2-5-18(14-17)22(24)26/h2-11,14-15H,12-13H2,1H3,(H2,24,26). The molecule has 3 rings (SSSR count). The van der Waals surface area contributed by atoms with Gasteiger partial charge in [-0.2, -0.15) is 0 Å². The van der Waals surface area contributed by atoms with Gasteiger partial charge < -0.3 is 15.4 Å². The molecule has 4 nitrogen and oxygen atoms in total. The second-order valence-electron chi connectivity index (χ2n) is 6.22. The topological polar surface area (TPSA) is 55.6 Å². The molecule has 138 valence electrons. The molecule has 0 spiro atoms. The number of carbonyl (C=O) groups is 1. The molecule has 0 radical (unpaired) electrons. The summed E-state index contributed by atoms with van der Waals surface area (Å²) in [4.78, 5) is 13.2. The molecule has 2 N–H and O–H groups in total. The lowest BCUT2D eigenvalue weighted by Crippen LogP contribution is -2.23. The van der Waals surface area contributed by atoms with Crippen molar-refractivity contribution >= 4 is 11.6 Å². The van der Waals surface area contributed by atoms with Crippen LogP contribution >= 0.6 is 0 Å². The van der Waals surface area contributed by atoms with Crippen LogP contribution in [0.2, 0.25) is 0 Å². The lowest BCUT2D eigenvalue weighted by atomic mass is 10.0. The summed E-state index contributed by atoms with van der Waals surface area (Å²) >= 11 is 0. The van der Waals surface area contributed by atoms with Gasteiger partial charge in [0.05, 0.1) is 6.54 Å². The van der Waals surface area contributed by atoms with E-state index >= 15 is 0 Å². The molecule has 0 aliphatic heterocycles. The van der Waals surface area contributed by atoms with Gasteiger partial charge in [-0.1, -0.05) is 30.3 Å². The summed E-state index contributed by atoms with van der Waals surface area (Å²) in [5.74, 6) is 0.0490. The molecule has 0 saturated carbocycles. The Balaban J connectivity index is 1.58. The summed E-state index contributed by atoms with van der Waals surface area (Å²) in [6.07, 6.45) is 0. The van der Waals surface area contributed by atoms with Crippen molar-refractivity contribution in [2.24, 2.45) is 5.73 Å². The lowest BCUT2D eigenvalue weighted by molar-refractivity contribution is 0.100. The number of anilines is 1. The molecule has 0 bridgehead atoms. The molecule has 5 heteroatoms. The van der Waals surface area contributed by atoms with Gasteiger partial charge in [0.2, 0.25) is 5.91 Å². The fourth-order valence-corrected chi connectivity index (χ4v) is 2.74. The predicted octanol–water partition coefficient (Wildman–Crippen LogP) is 4.11. The van der Waals surface area contributed by atoms with Crippen molar-refractivity contribution in [1.29, 1.82) is 0 Å². The number of benzene rings is 3. The second kappa shape index (κ2) is 8.36. The zero-order chi connectivity index (χ0) is 19.2. The van der Waals surface area contributed by atoms with Crippen LogP contribution in [0.3, 0.4) is 0 Å². The minimum Gasteiger partial charge on any atom is -0.492 e. The molecule has 0 saturated heterocycles. The fourth-order valence-electron chi connectivity index (χ4n) is 2.74. The fraction of sp³-hybridized carbons (Fsp3) is 0.136. The maximum atomic E-state index is 13.3. The molecule has 0 fully saturated rings. The number of halogens is 1. The Morgan fingerprint density at radius 1 is 1.00 bits per heavy atom. The Hall–Kier alpha value is -3.34. The highest BCUT2D eigenvalue weighted by Gasteiger charge is 2.05. The van der Waals surface area contributed by atoms with Gasteiger partial charge in [-0.15, -0.1) is 0 Å². The Bertz CT molecular complexity index is 926. The van der Waals surface area contributed by atoms with E-state index in [-0.39, 0.29) is 5.82 Å². The molecular formula is C22H21FN2O2. The first-order valence-electron chi connectivity index (χ1n) is 8.63. The number of rotatable bonds is 7. The van der Waals surface area contributed by atoms with Crippen LogP contribution in [0.4, 0.5) is 10.1 Å². The molecule has 0 heterocycles. The first-order chi connectivity index (χ1) is 13.0. The smallest absolute Gasteiger partial charge is 0.248 e. The Morgan fingerprint density at radius 3 is 2.44 bits per heavy atom. The number of nitrogens with two attached hydrogens (primary N) is 1. The van der Waals surface area contributed by atoms with Crippen molar-refractivity contribution in [1.82, 2.24) is 0 Å². The normalized spacial score (nSPS) is 10.4. The van der Waals surface area contributed by atoms with Crippen molar-refractivity contribution in [2.45, 2.75) is 0 Å². The minimum absolute atomic E-state index is 0.253. The quantitative estimate of drug-likeness (QED) is 0.686. The Morgan fingerprint density at radius 2 is 1.74 bits per heavy atom. The van der Waals surface area contributed by atoms with E-state index in [0.29, 0.717) is 18.7 Å². The van der Waals surface area contributed by atoms with Crippen molar-refractivity contribution in [3.8, 4) is 16.9 Å². The number of hydrogen-bond donors (Lipinski definition) is 1. The van der Waals surface area contributed by atoms with Crippen LogP contribution in [0.5, 0.6) is 5.75 Å². The zero-order valence-corrected chi connectivity index (χ0v) is 15.1. The zero-order valence-electron chi connectivity index (χ0n) is 15.1. The van der Waals surface area contributed by atoms with Gasteiger partial charge >= 0.3 is 0 Å². The maximum Gasteiger partial charge on any atom is 0.248 e. The van der Waals surface area contributed by atoms with Gasteiger partial charge in [-0.05, 0) is 53.6 Å². The van der Waals surface area contributed by atoms with Crippen molar-refractivity contribution < 1.29 is 13.9 Å². The van der Waals surface area contributed by atoms with Crippen LogP contribution < -0.4 is 15.4 Å². The molecule has 1 amide bonds. The largest absolute Gasteiger partial charge is 0.492 e. The number of nitrogens with zero attached hydrogens (tertiary/aromatic N) is 1. The van der Waals surface area contributed by atoms with Gasteiger partial charge in [0.1, 0.15) is 18.2 Å². The second-order valence-corrected chi connectivity index (χ2v) is 6.22. The molecule has 0 aliphatic rings. The predicted molar refractivity (Wildman–Crippen MR) is 106 cm³/mol. The third-order valence-corrected chi connectivity index (χ3v) is 4.28. The summed E-state index contributed by atoms with van der Waals surface area (Å²) in [5.41, 5.74) is 8.51. The van der Waals surface area contributed by atoms with Crippen LogP contribution in [0.25, 0.3) is 11.1 Å². The summed E-state index contributed by atoms with van der Waals surface area (Å²) in [7, 11) is 1.90. The van der Waals surface area contributed by atoms with Gasteiger partial charge in [-0.3, -0.25) is 4.79 Å². The molecule has 0 aliphatic carbocycles. The van der Waals surface area contributed by atoms with E-state index in [1.807, 2.05) is 54.4 Å². The minimum atomic E-state index is -0.445. The van der Waals surface area contributed by atoms with Gasteiger partial charge in [0, 0.05) is 18.3 Å². The molecule has 0 unspecified atom stereocenters. The van der Waals surface area contributed by atoms with E-state index in [9.17, 15) is 9.18 Å². The molecule has 27 heavy (non-hydrogen) atoms. The van der Waals surface area contributed by atoms with E-state index < -0.39 is 5.91 Å². The maximum absolute atomic E-state index is 13.3. The lowest BCUT2D eigenvalue weighted by Gasteiger charge is -2.19. The third-order valence-electron chi connectivity index (χ3n) is 4.28. The summed E-state index contributed by atoms with van der Waals surface area (Å²) in [6, 6.07) is 21.3. The van der Waals surface area contributed by atoms with Crippen LogP contribution in [-0.2, 0) is 0 Å². The highest BCUT2D eigenvalue weighted by atomic mass is 19.1. The van der Waals surface area contributed by atoms with Crippen molar-refractivity contribution in [3.63, 3.8) is 0 Å². The van der Waals surface area contributed by atoms with Crippen molar-refractivity contribution in [2.75, 3.05) is 25.1 Å². The van der Waals surface area contributed by atoms with E-state index in [2.05, 4.69) is 0 Å². The van der Waals surface area contributed by atoms with Crippen LogP contribution in [0.1, 0.15) is 10.4 Å². The highest BCUT2D eigenvalue weighted by Crippen LogP contribution is 2.23. The van der Waals surface area contributed by atoms with Gasteiger partial charge in [0.15, 0.2) is 0 Å². The number of primary amides is 1. The molecular weight excluding hydrogens is 343 g/mol. The highest BCUT2D eigenvalue weighted by molar-refractivity contribution is 5.94. The number of hydrogen-bond acceptors (Lipinski definition) is 3. The molecule has 3 aromatic rings. The summed E-state index contributed by atoms with van der Waals surface area (Å²) in [6.45, 7) is 1.11. The van der Waals surface area contributed by atoms with Crippen LogP contribution in [0, 0.1) is 5.82 Å². The van der Waals surface area contributed by atoms with Crippen molar-refractivity contribution in [3.05, 3.63) is 84.2 Å². The van der Waals surface area contributed by atoms with Gasteiger partial charge in [-0.25, -0.2) is 4.39 Å². The molecule has 0 atom stereocenters. The number of amides is 1. The average Bonchev–Trinajstić information content (AvgIpc) is 2.68. The third kappa shape index (κ3) is 4.85. The van der Waals surface area contributed by atoms with Crippen LogP contribution in [-0.4, -0.2) is 26.1 Å². The number of carbonyl (C=O) groups excluding carboxylic acids is 1. The average molecular weight is 364 g/mol. The first-order valence-corrected chi connectivity index (χ1v) is 8.63. The molecule has 3 aromatic carbocycles. The summed E-state index contributed by atoms with van der Waals surface area (Å²) < 4.78 is 19.0. The van der Waals surface area contributed by atoms with E-state index in [0.717, 1.165) is 22.6 Å². The monoisotopic (exact) mass is 364 g/mol. The Kier molecular flexibility index (Phi) is 5.71. The molecule has 0 aromatic heterocycles. The SMILES string of the molecule is CN(CCOc1ccc(-c2cccc(C(N)=O)c2)cc1)c1cccc(F)c1. The van der Waals surface area contributed by atoms with E-state index in [1.165, 1.54) is 12.1 Å². The number of ether oxygens (including phenoxy) is 1. The summed E-state index contributed by atoms with van der Waals surface area (Å²) in [5, 5.41) is 0. The number of likely N-dealkylation sites (N-methyl/N-ethyl adjacent to an activating group) is 1. The van der Waals surface area contributed by atoms with Crippen LogP contribution in [0.15, 0.2) is 72.8 Å².